The lowest BCUT2D eigenvalue weighted by Crippen LogP contribution is -2.31. The molecule has 0 spiro atoms. The van der Waals surface area contributed by atoms with Gasteiger partial charge < -0.3 is 10.6 Å². The van der Waals surface area contributed by atoms with Crippen LogP contribution < -0.4 is 10.6 Å². The van der Waals surface area contributed by atoms with Gasteiger partial charge in [-0.25, -0.2) is 0 Å². The molecule has 1 fully saturated rings. The fourth-order valence-corrected chi connectivity index (χ4v) is 3.51. The van der Waals surface area contributed by atoms with Crippen LogP contribution in [0.5, 0.6) is 0 Å². The van der Waals surface area contributed by atoms with E-state index >= 15 is 0 Å². The summed E-state index contributed by atoms with van der Waals surface area (Å²) in [5.74, 6) is 2.61. The van der Waals surface area contributed by atoms with Crippen LogP contribution in [0.2, 0.25) is 0 Å². The van der Waals surface area contributed by atoms with Crippen LogP contribution >= 0.6 is 11.8 Å². The maximum Gasteiger partial charge on any atom is 0.122 e. The summed E-state index contributed by atoms with van der Waals surface area (Å²) in [6.07, 6.45) is 1.26. The number of aryl methyl sites for hydroxylation is 1. The molecule has 1 aromatic carbocycles. The first-order valence-corrected chi connectivity index (χ1v) is 7.00. The Hall–Kier alpha value is -1.16. The van der Waals surface area contributed by atoms with Crippen molar-refractivity contribution in [2.24, 2.45) is 5.73 Å². The summed E-state index contributed by atoms with van der Waals surface area (Å²) in [6, 6.07) is 6.65. The molecule has 1 atom stereocenters. The second kappa shape index (κ2) is 5.00. The van der Waals surface area contributed by atoms with E-state index in [0.717, 1.165) is 5.56 Å². The predicted molar refractivity (Wildman–Crippen MR) is 76.3 cm³/mol. The van der Waals surface area contributed by atoms with Gasteiger partial charge in [-0.3, -0.25) is 5.41 Å². The number of benzene rings is 1. The molecule has 0 bridgehead atoms. The highest BCUT2D eigenvalue weighted by Gasteiger charge is 2.21. The van der Waals surface area contributed by atoms with Crippen molar-refractivity contribution in [3.63, 3.8) is 0 Å². The molecular formula is C13H19N3S. The van der Waals surface area contributed by atoms with Crippen LogP contribution in [0.15, 0.2) is 18.2 Å². The first-order chi connectivity index (χ1) is 8.09. The van der Waals surface area contributed by atoms with E-state index in [1.165, 1.54) is 29.2 Å². The Morgan fingerprint density at radius 2 is 2.29 bits per heavy atom. The molecule has 1 aliphatic rings. The fourth-order valence-electron chi connectivity index (χ4n) is 2.24. The Labute approximate surface area is 107 Å². The molecule has 0 aliphatic carbocycles. The molecule has 17 heavy (non-hydrogen) atoms. The van der Waals surface area contributed by atoms with E-state index in [1.54, 1.807) is 0 Å². The van der Waals surface area contributed by atoms with Crippen LogP contribution in [0.25, 0.3) is 0 Å². The summed E-state index contributed by atoms with van der Waals surface area (Å²) in [5, 5.41) is 7.44. The first-order valence-electron chi connectivity index (χ1n) is 5.85. The molecule has 0 saturated carbocycles. The lowest BCUT2D eigenvalue weighted by molar-refractivity contribution is 0.698. The van der Waals surface area contributed by atoms with E-state index in [2.05, 4.69) is 24.9 Å². The molecule has 1 aliphatic heterocycles. The average Bonchev–Trinajstić information content (AvgIpc) is 2.81. The molecule has 0 amide bonds. The maximum atomic E-state index is 7.44. The Morgan fingerprint density at radius 3 is 2.82 bits per heavy atom. The zero-order valence-corrected chi connectivity index (χ0v) is 11.2. The van der Waals surface area contributed by atoms with Crippen molar-refractivity contribution >= 4 is 23.3 Å². The zero-order chi connectivity index (χ0) is 12.4. The van der Waals surface area contributed by atoms with Gasteiger partial charge in [0.05, 0.1) is 0 Å². The Kier molecular flexibility index (Phi) is 3.62. The summed E-state index contributed by atoms with van der Waals surface area (Å²) in [4.78, 5) is 2.36. The van der Waals surface area contributed by atoms with Gasteiger partial charge in [0.25, 0.3) is 0 Å². The van der Waals surface area contributed by atoms with Gasteiger partial charge in [0, 0.05) is 30.1 Å². The van der Waals surface area contributed by atoms with Crippen LogP contribution in [0.1, 0.15) is 17.5 Å². The number of rotatable bonds is 3. The number of anilines is 1. The van der Waals surface area contributed by atoms with Crippen LogP contribution in [-0.4, -0.2) is 30.4 Å². The van der Waals surface area contributed by atoms with Gasteiger partial charge in [0.1, 0.15) is 5.84 Å². The third-order valence-corrected chi connectivity index (χ3v) is 4.49. The second-order valence-corrected chi connectivity index (χ2v) is 5.69. The third kappa shape index (κ3) is 2.57. The Balaban J connectivity index is 2.23. The lowest BCUT2D eigenvalue weighted by atomic mass is 10.1. The predicted octanol–water partition coefficient (Wildman–Crippen LogP) is 2.22. The number of nitrogens with one attached hydrogen (secondary N) is 1. The van der Waals surface area contributed by atoms with Crippen LogP contribution in [0.4, 0.5) is 5.69 Å². The minimum atomic E-state index is 0.138. The van der Waals surface area contributed by atoms with Gasteiger partial charge in [0.15, 0.2) is 0 Å². The molecule has 2 rings (SSSR count). The maximum absolute atomic E-state index is 7.44. The van der Waals surface area contributed by atoms with Gasteiger partial charge in [-0.1, -0.05) is 0 Å². The monoisotopic (exact) mass is 249 g/mol. The minimum absolute atomic E-state index is 0.138. The molecule has 1 unspecified atom stereocenters. The van der Waals surface area contributed by atoms with Crippen molar-refractivity contribution in [2.45, 2.75) is 19.4 Å². The summed E-state index contributed by atoms with van der Waals surface area (Å²) in [5.41, 5.74) is 8.75. The summed E-state index contributed by atoms with van der Waals surface area (Å²) in [6.45, 7) is 2.08. The normalized spacial score (nSPS) is 19.3. The van der Waals surface area contributed by atoms with E-state index < -0.39 is 0 Å². The van der Waals surface area contributed by atoms with Crippen molar-refractivity contribution in [3.8, 4) is 0 Å². The second-order valence-electron chi connectivity index (χ2n) is 4.54. The number of nitrogens with zero attached hydrogens (tertiary/aromatic N) is 1. The van der Waals surface area contributed by atoms with Crippen molar-refractivity contribution in [2.75, 3.05) is 23.5 Å². The molecule has 4 heteroatoms. The van der Waals surface area contributed by atoms with Crippen LogP contribution in [-0.2, 0) is 0 Å². The van der Waals surface area contributed by atoms with E-state index in [0.29, 0.717) is 6.04 Å². The number of thioether (sulfide) groups is 1. The fraction of sp³-hybridized carbons (Fsp3) is 0.462. The molecule has 3 N–H and O–H groups in total. The minimum Gasteiger partial charge on any atom is -0.384 e. The van der Waals surface area contributed by atoms with Gasteiger partial charge in [-0.15, -0.1) is 0 Å². The Bertz CT molecular complexity index is 425. The van der Waals surface area contributed by atoms with Crippen molar-refractivity contribution in [1.82, 2.24) is 0 Å². The standard InChI is InChI=1S/C13H19N3S/c1-9-7-10(13(14)15)3-4-12(9)16(2)11-5-6-17-8-11/h3-4,7,11H,5-6,8H2,1-2H3,(H3,14,15). The number of hydrogen-bond acceptors (Lipinski definition) is 3. The lowest BCUT2D eigenvalue weighted by Gasteiger charge is -2.27. The number of hydrogen-bond donors (Lipinski definition) is 2. The third-order valence-electron chi connectivity index (χ3n) is 3.34. The van der Waals surface area contributed by atoms with E-state index in [1.807, 2.05) is 23.9 Å². The molecule has 1 heterocycles. The molecule has 0 radical (unpaired) electrons. The quantitative estimate of drug-likeness (QED) is 0.638. The van der Waals surface area contributed by atoms with Crippen LogP contribution in [0, 0.1) is 12.3 Å². The van der Waals surface area contributed by atoms with Crippen LogP contribution in [0.3, 0.4) is 0 Å². The van der Waals surface area contributed by atoms with Crippen molar-refractivity contribution in [1.29, 1.82) is 5.41 Å². The highest BCUT2D eigenvalue weighted by Crippen LogP contribution is 2.28. The SMILES string of the molecule is Cc1cc(C(=N)N)ccc1N(C)C1CCSC1. The van der Waals surface area contributed by atoms with E-state index in [9.17, 15) is 0 Å². The Morgan fingerprint density at radius 1 is 1.53 bits per heavy atom. The molecular weight excluding hydrogens is 230 g/mol. The molecule has 92 valence electrons. The number of amidine groups is 1. The van der Waals surface area contributed by atoms with Crippen molar-refractivity contribution < 1.29 is 0 Å². The summed E-state index contributed by atoms with van der Waals surface area (Å²) < 4.78 is 0. The van der Waals surface area contributed by atoms with Gasteiger partial charge in [-0.05, 0) is 42.9 Å². The van der Waals surface area contributed by atoms with Gasteiger partial charge in [-0.2, -0.15) is 11.8 Å². The van der Waals surface area contributed by atoms with Gasteiger partial charge >= 0.3 is 0 Å². The number of nitrogen functional groups attached to an aromatic ring is 1. The topological polar surface area (TPSA) is 53.1 Å². The molecule has 3 nitrogen and oxygen atoms in total. The van der Waals surface area contributed by atoms with Crippen molar-refractivity contribution in [3.05, 3.63) is 29.3 Å². The largest absolute Gasteiger partial charge is 0.384 e. The summed E-state index contributed by atoms with van der Waals surface area (Å²) in [7, 11) is 2.16. The number of nitrogens with two attached hydrogens (primary N) is 1. The average molecular weight is 249 g/mol. The smallest absolute Gasteiger partial charge is 0.122 e. The highest BCUT2D eigenvalue weighted by atomic mass is 32.2. The molecule has 1 saturated heterocycles. The highest BCUT2D eigenvalue weighted by molar-refractivity contribution is 7.99. The summed E-state index contributed by atoms with van der Waals surface area (Å²) >= 11 is 2.02. The zero-order valence-electron chi connectivity index (χ0n) is 10.4. The molecule has 0 aromatic heterocycles. The molecule has 1 aromatic rings. The van der Waals surface area contributed by atoms with E-state index in [-0.39, 0.29) is 5.84 Å². The first kappa shape index (κ1) is 12.3. The van der Waals surface area contributed by atoms with E-state index in [4.69, 9.17) is 11.1 Å². The van der Waals surface area contributed by atoms with Gasteiger partial charge in [0.2, 0.25) is 0 Å².